The predicted octanol–water partition coefficient (Wildman–Crippen LogP) is 11.2. The molecule has 0 saturated heterocycles. The summed E-state index contributed by atoms with van der Waals surface area (Å²) < 4.78 is 243. The van der Waals surface area contributed by atoms with Crippen LogP contribution < -0.4 is 32.3 Å². The molecule has 0 aliphatic carbocycles. The number of allylic oxidation sites excluding steroid dienone is 2. The number of halogens is 15. The van der Waals surface area contributed by atoms with Gasteiger partial charge in [0.15, 0.2) is 52.4 Å². The fraction of sp³-hybridized carbons (Fsp3) is 0.0612. The van der Waals surface area contributed by atoms with E-state index in [2.05, 4.69) is 6.58 Å². The van der Waals surface area contributed by atoms with Gasteiger partial charge in [-0.3, -0.25) is 0 Å². The maximum atomic E-state index is 16.6. The molecule has 7 rings (SSSR count). The van der Waals surface area contributed by atoms with Crippen molar-refractivity contribution >= 4 is 51.7 Å². The molecule has 0 amide bonds. The van der Waals surface area contributed by atoms with Crippen LogP contribution in [0.1, 0.15) is 22.3 Å². The molecule has 0 atom stereocenters. The lowest BCUT2D eigenvalue weighted by Gasteiger charge is -2.46. The van der Waals surface area contributed by atoms with Crippen molar-refractivity contribution in [3.8, 4) is 0 Å². The Hall–Kier alpha value is -6.74. The minimum absolute atomic E-state index is 0.138. The molecule has 0 saturated carbocycles. The van der Waals surface area contributed by atoms with E-state index in [1.54, 1.807) is 93.6 Å². The van der Waals surface area contributed by atoms with Crippen molar-refractivity contribution in [2.75, 3.05) is 0 Å². The first-order valence-corrected chi connectivity index (χ1v) is 21.4. The van der Waals surface area contributed by atoms with Crippen molar-refractivity contribution in [3.05, 3.63) is 231 Å². The first kappa shape index (κ1) is 48.2. The summed E-state index contributed by atoms with van der Waals surface area (Å²) in [6.45, 7) is 9.52. The van der Waals surface area contributed by atoms with Gasteiger partial charge in [-0.1, -0.05) is 108 Å². The zero-order valence-electron chi connectivity index (χ0n) is 34.7. The summed E-state index contributed by atoms with van der Waals surface area (Å²) >= 11 is 0. The molecule has 18 heteroatoms. The molecule has 0 aliphatic heterocycles. The van der Waals surface area contributed by atoms with Crippen LogP contribution in [0.4, 0.5) is 65.9 Å². The lowest BCUT2D eigenvalue weighted by atomic mass is 9.27. The summed E-state index contributed by atoms with van der Waals surface area (Å²) in [6.07, 6.45) is -5.60. The third-order valence-corrected chi connectivity index (χ3v) is 16.1. The Morgan fingerprint density at radius 1 is 0.388 bits per heavy atom. The van der Waals surface area contributed by atoms with E-state index in [9.17, 15) is 13.2 Å². The van der Waals surface area contributed by atoms with Crippen molar-refractivity contribution in [1.82, 2.24) is 0 Å². The molecule has 0 unspecified atom stereocenters. The highest BCUT2D eigenvalue weighted by atomic mass is 31.2. The van der Waals surface area contributed by atoms with Gasteiger partial charge >= 0.3 is 0 Å². The van der Waals surface area contributed by atoms with Crippen molar-refractivity contribution in [1.29, 1.82) is 0 Å². The van der Waals surface area contributed by atoms with Gasteiger partial charge in [-0.25, -0.2) is 65.9 Å². The zero-order chi connectivity index (χ0) is 49.0. The number of hydrogen-bond acceptors (Lipinski definition) is 1. The molecule has 7 aromatic carbocycles. The summed E-state index contributed by atoms with van der Waals surface area (Å²) in [6, 6.07) is 26.1. The molecule has 0 aromatic heterocycles. The number of hydrogen-bond donors (Lipinski definition) is 0. The van der Waals surface area contributed by atoms with E-state index < -0.39 is 129 Å². The van der Waals surface area contributed by atoms with Crippen LogP contribution in [0, 0.1) is 108 Å². The molecule has 67 heavy (non-hydrogen) atoms. The minimum Gasteiger partial charge on any atom is -0.702 e. The molecule has 1 nitrogen and oxygen atoms in total. The summed E-state index contributed by atoms with van der Waals surface area (Å²) in [4.78, 5) is 0. The van der Waals surface area contributed by atoms with Gasteiger partial charge in [-0.05, 0) is 55.7 Å². The Bertz CT molecular complexity index is 2830. The molecule has 0 aliphatic rings. The molecule has 0 fully saturated rings. The fourth-order valence-corrected chi connectivity index (χ4v) is 13.2. The van der Waals surface area contributed by atoms with Gasteiger partial charge in [0.05, 0.1) is 5.76 Å². The van der Waals surface area contributed by atoms with Gasteiger partial charge in [0.25, 0.3) is 6.35 Å². The molecule has 7 aromatic rings. The highest BCUT2D eigenvalue weighted by Gasteiger charge is 2.53. The monoisotopic (exact) mass is 960 g/mol. The number of benzene rings is 7. The molecule has 344 valence electrons. The lowest BCUT2D eigenvalue weighted by molar-refractivity contribution is 0.373. The summed E-state index contributed by atoms with van der Waals surface area (Å²) in [7, 11) is -3.63. The smallest absolute Gasteiger partial charge is 0.266 e. The second-order valence-electron chi connectivity index (χ2n) is 15.3. The largest absolute Gasteiger partial charge is 0.702 e. The van der Waals surface area contributed by atoms with Crippen LogP contribution in [0.2, 0.25) is 0 Å². The van der Waals surface area contributed by atoms with E-state index in [1.807, 2.05) is 0 Å². The van der Waals surface area contributed by atoms with Gasteiger partial charge in [0.1, 0.15) is 63.4 Å². The van der Waals surface area contributed by atoms with Crippen LogP contribution in [-0.4, -0.2) is 6.35 Å². The van der Waals surface area contributed by atoms with Crippen molar-refractivity contribution < 1.29 is 70.5 Å². The van der Waals surface area contributed by atoms with E-state index in [4.69, 9.17) is 4.65 Å². The first-order chi connectivity index (χ1) is 31.7. The van der Waals surface area contributed by atoms with E-state index in [0.717, 1.165) is 18.2 Å². The van der Waals surface area contributed by atoms with Crippen LogP contribution >= 0.6 is 7.26 Å². The summed E-state index contributed by atoms with van der Waals surface area (Å²) in [5.41, 5.74) is -7.43. The molecular formula is C49H29BF15OP. The maximum Gasteiger partial charge on any atom is 0.266 e. The van der Waals surface area contributed by atoms with Crippen LogP contribution in [0.5, 0.6) is 0 Å². The molecule has 0 heterocycles. The highest BCUT2D eigenvalue weighted by molar-refractivity contribution is 7.99. The second kappa shape index (κ2) is 18.2. The van der Waals surface area contributed by atoms with Gasteiger partial charge < -0.3 is 4.65 Å². The van der Waals surface area contributed by atoms with E-state index in [0.29, 0.717) is 32.6 Å². The maximum absolute atomic E-state index is 16.6. The van der Waals surface area contributed by atoms with Crippen LogP contribution in [-0.2, 0) is 4.65 Å². The first-order valence-electron chi connectivity index (χ1n) is 19.6. The van der Waals surface area contributed by atoms with Gasteiger partial charge in [0, 0.05) is 11.6 Å². The van der Waals surface area contributed by atoms with Crippen LogP contribution in [0.25, 0.3) is 5.76 Å². The minimum atomic E-state index is -6.46. The summed E-state index contributed by atoms with van der Waals surface area (Å²) in [5.74, 6) is -48.4. The quantitative estimate of drug-likeness (QED) is 0.0239. The van der Waals surface area contributed by atoms with Crippen molar-refractivity contribution in [2.45, 2.75) is 20.8 Å². The van der Waals surface area contributed by atoms with Gasteiger partial charge in [0.2, 0.25) is 0 Å². The SMILES string of the molecule is C=C(/C=C(\O[B-](c1c(F)c(F)c(F)c(F)c1F)(c1c(F)c(F)c(F)c(F)c1F)c1c(F)c(F)c(F)c(F)c1F)c1ccccc1)[P+](c1ccccc1C)(c1ccccc1C)c1ccccc1C. The average molecular weight is 961 g/mol. The zero-order valence-corrected chi connectivity index (χ0v) is 35.6. The Balaban J connectivity index is 1.78. The Morgan fingerprint density at radius 2 is 0.642 bits per heavy atom. The molecular weight excluding hydrogens is 931 g/mol. The Kier molecular flexibility index (Phi) is 13.1. The Morgan fingerprint density at radius 3 is 0.925 bits per heavy atom. The van der Waals surface area contributed by atoms with E-state index in [-0.39, 0.29) is 5.31 Å². The fourth-order valence-electron chi connectivity index (χ4n) is 8.45. The number of rotatable bonds is 11. The summed E-state index contributed by atoms with van der Waals surface area (Å²) in [5, 5.41) is 1.45. The second-order valence-corrected chi connectivity index (χ2v) is 18.6. The highest BCUT2D eigenvalue weighted by Crippen LogP contribution is 2.64. The lowest BCUT2D eigenvalue weighted by Crippen LogP contribution is -2.74. The molecule has 0 radical (unpaired) electrons. The van der Waals surface area contributed by atoms with Crippen LogP contribution in [0.15, 0.2) is 121 Å². The van der Waals surface area contributed by atoms with Crippen molar-refractivity contribution in [3.63, 3.8) is 0 Å². The standard InChI is InChI=1S/C49H29BF15OP/c1-23-14-8-11-19-29(23)67(30-20-12-9-15-24(30)2,31-21-13-10-16-25(31)3)26(4)22-28(27-17-6-5-7-18-27)66-50(32-35(51)41(57)47(63)42(58)36(32)52,33-37(53)43(59)48(64)44(60)38(33)54)34-39(55)45(61)49(65)46(62)40(34)56/h5-22H,4H2,1-3H3/b28-22-. The normalized spacial score (nSPS) is 12.2. The third-order valence-electron chi connectivity index (χ3n) is 11.5. The molecule has 0 bridgehead atoms. The van der Waals surface area contributed by atoms with Gasteiger partial charge in [-0.2, -0.15) is 0 Å². The topological polar surface area (TPSA) is 9.23 Å². The van der Waals surface area contributed by atoms with Gasteiger partial charge in [-0.15, -0.1) is 0 Å². The van der Waals surface area contributed by atoms with Crippen LogP contribution in [0.3, 0.4) is 0 Å². The Labute approximate surface area is 372 Å². The average Bonchev–Trinajstić information content (AvgIpc) is 3.32. The molecule has 0 spiro atoms. The van der Waals surface area contributed by atoms with E-state index >= 15 is 52.7 Å². The molecule has 0 N–H and O–H groups in total. The number of aryl methyl sites for hydroxylation is 3. The third kappa shape index (κ3) is 7.47. The van der Waals surface area contributed by atoms with E-state index in [1.165, 1.54) is 18.2 Å². The van der Waals surface area contributed by atoms with Crippen molar-refractivity contribution in [2.24, 2.45) is 0 Å². The predicted molar refractivity (Wildman–Crippen MR) is 227 cm³/mol.